The van der Waals surface area contributed by atoms with E-state index < -0.39 is 11.4 Å². The lowest BCUT2D eigenvalue weighted by molar-refractivity contribution is -0.151. The summed E-state index contributed by atoms with van der Waals surface area (Å²) in [4.78, 5) is 28.9. The van der Waals surface area contributed by atoms with Crippen molar-refractivity contribution in [3.63, 3.8) is 0 Å². The van der Waals surface area contributed by atoms with Crippen LogP contribution in [-0.2, 0) is 9.53 Å². The Morgan fingerprint density at radius 3 is 2.91 bits per heavy atom. The Balaban J connectivity index is 1.84. The molecule has 6 nitrogen and oxygen atoms in total. The summed E-state index contributed by atoms with van der Waals surface area (Å²) in [6, 6.07) is 7.52. The molecular formula is C16H17BrN2O4. The summed E-state index contributed by atoms with van der Waals surface area (Å²) in [6.07, 6.45) is 0.397. The molecule has 122 valence electrons. The lowest BCUT2D eigenvalue weighted by atomic mass is 9.88. The van der Waals surface area contributed by atoms with Crippen LogP contribution < -0.4 is 0 Å². The number of halogens is 1. The number of hydrogen-bond donors (Lipinski definition) is 2. The predicted molar refractivity (Wildman–Crippen MR) is 88.5 cm³/mol. The summed E-state index contributed by atoms with van der Waals surface area (Å²) < 4.78 is 5.99. The number of H-pyrrole nitrogens is 1. The average Bonchev–Trinajstić information content (AvgIpc) is 3.11. The van der Waals surface area contributed by atoms with Crippen molar-refractivity contribution in [3.05, 3.63) is 34.4 Å². The van der Waals surface area contributed by atoms with Crippen molar-refractivity contribution >= 4 is 38.7 Å². The first-order valence-electron chi connectivity index (χ1n) is 7.25. The molecule has 1 fully saturated rings. The van der Waals surface area contributed by atoms with Gasteiger partial charge in [0.2, 0.25) is 0 Å². The predicted octanol–water partition coefficient (Wildman–Crippen LogP) is 2.49. The number of amides is 1. The van der Waals surface area contributed by atoms with Gasteiger partial charge in [0.05, 0.1) is 6.61 Å². The molecule has 0 aliphatic carbocycles. The van der Waals surface area contributed by atoms with Gasteiger partial charge in [-0.25, -0.2) is 0 Å². The number of carbonyl (C=O) groups excluding carboxylic acids is 1. The summed E-state index contributed by atoms with van der Waals surface area (Å²) >= 11 is 3.40. The minimum Gasteiger partial charge on any atom is -0.481 e. The number of carbonyl (C=O) groups is 2. The molecule has 7 heteroatoms. The third-order valence-corrected chi connectivity index (χ3v) is 4.82. The third kappa shape index (κ3) is 2.86. The van der Waals surface area contributed by atoms with Gasteiger partial charge in [0.1, 0.15) is 11.1 Å². The van der Waals surface area contributed by atoms with E-state index in [9.17, 15) is 14.7 Å². The van der Waals surface area contributed by atoms with Crippen LogP contribution in [-0.4, -0.2) is 53.7 Å². The van der Waals surface area contributed by atoms with Gasteiger partial charge in [-0.2, -0.15) is 0 Å². The van der Waals surface area contributed by atoms with Crippen LogP contribution in [0.2, 0.25) is 0 Å². The fourth-order valence-corrected chi connectivity index (χ4v) is 3.44. The molecule has 0 spiro atoms. The van der Waals surface area contributed by atoms with Crippen LogP contribution in [0.3, 0.4) is 0 Å². The topological polar surface area (TPSA) is 82.6 Å². The van der Waals surface area contributed by atoms with E-state index in [1.807, 2.05) is 18.2 Å². The van der Waals surface area contributed by atoms with Gasteiger partial charge in [0, 0.05) is 35.6 Å². The first-order chi connectivity index (χ1) is 10.9. The van der Waals surface area contributed by atoms with Crippen LogP contribution in [0.5, 0.6) is 0 Å². The molecule has 2 heterocycles. The van der Waals surface area contributed by atoms with Crippen molar-refractivity contribution in [1.29, 1.82) is 0 Å². The van der Waals surface area contributed by atoms with E-state index in [1.165, 1.54) is 7.11 Å². The molecule has 1 aromatic carbocycles. The normalized spacial score (nSPS) is 21.0. The van der Waals surface area contributed by atoms with Crippen molar-refractivity contribution < 1.29 is 19.4 Å². The average molecular weight is 381 g/mol. The van der Waals surface area contributed by atoms with Gasteiger partial charge in [-0.05, 0) is 30.7 Å². The van der Waals surface area contributed by atoms with Crippen molar-refractivity contribution in [2.45, 2.75) is 6.42 Å². The second kappa shape index (κ2) is 5.98. The van der Waals surface area contributed by atoms with E-state index in [2.05, 4.69) is 20.9 Å². The molecule has 1 atom stereocenters. The quantitative estimate of drug-likeness (QED) is 0.853. The van der Waals surface area contributed by atoms with Gasteiger partial charge >= 0.3 is 5.97 Å². The van der Waals surface area contributed by atoms with Crippen molar-refractivity contribution in [2.24, 2.45) is 5.41 Å². The maximum absolute atomic E-state index is 12.7. The second-order valence-electron chi connectivity index (χ2n) is 5.91. The van der Waals surface area contributed by atoms with E-state index in [-0.39, 0.29) is 19.1 Å². The van der Waals surface area contributed by atoms with Crippen LogP contribution in [0.1, 0.15) is 16.9 Å². The van der Waals surface area contributed by atoms with Gasteiger partial charge in [0.25, 0.3) is 5.91 Å². The summed E-state index contributed by atoms with van der Waals surface area (Å²) in [6.45, 7) is 0.674. The zero-order valence-corrected chi connectivity index (χ0v) is 14.2. The number of carboxylic acids is 1. The van der Waals surface area contributed by atoms with E-state index in [1.54, 1.807) is 11.0 Å². The molecule has 1 unspecified atom stereocenters. The molecule has 0 saturated carbocycles. The van der Waals surface area contributed by atoms with E-state index in [0.29, 0.717) is 18.7 Å². The molecule has 3 rings (SSSR count). The standard InChI is InChI=1S/C16H17BrN2O4/c1-23-9-16(15(21)22)4-5-19(8-16)14(20)13-7-10-6-11(17)2-3-12(10)18-13/h2-3,6-7,18H,4-5,8-9H2,1H3,(H,21,22). The number of likely N-dealkylation sites (tertiary alicyclic amines) is 1. The number of nitrogens with zero attached hydrogens (tertiary/aromatic N) is 1. The number of hydrogen-bond acceptors (Lipinski definition) is 3. The minimum atomic E-state index is -1.01. The number of ether oxygens (including phenoxy) is 1. The Kier molecular flexibility index (Phi) is 4.16. The minimum absolute atomic E-state index is 0.103. The number of aromatic nitrogens is 1. The SMILES string of the molecule is COCC1(C(=O)O)CCN(C(=O)c2cc3cc(Br)ccc3[nH]2)C1. The largest absolute Gasteiger partial charge is 0.481 e. The first kappa shape index (κ1) is 16.0. The van der Waals surface area contributed by atoms with Gasteiger partial charge < -0.3 is 19.7 Å². The van der Waals surface area contributed by atoms with Crippen LogP contribution in [0.15, 0.2) is 28.7 Å². The fraction of sp³-hybridized carbons (Fsp3) is 0.375. The third-order valence-electron chi connectivity index (χ3n) is 4.33. The molecule has 0 bridgehead atoms. The smallest absolute Gasteiger partial charge is 0.313 e. The Morgan fingerprint density at radius 1 is 1.43 bits per heavy atom. The fourth-order valence-electron chi connectivity index (χ4n) is 3.07. The van der Waals surface area contributed by atoms with Crippen molar-refractivity contribution in [1.82, 2.24) is 9.88 Å². The summed E-state index contributed by atoms with van der Waals surface area (Å²) in [5, 5.41) is 10.4. The molecule has 0 radical (unpaired) electrons. The molecule has 1 aliphatic rings. The zero-order valence-electron chi connectivity index (χ0n) is 12.6. The highest BCUT2D eigenvalue weighted by Gasteiger charge is 2.46. The van der Waals surface area contributed by atoms with E-state index >= 15 is 0 Å². The van der Waals surface area contributed by atoms with Crippen LogP contribution in [0.4, 0.5) is 0 Å². The van der Waals surface area contributed by atoms with Crippen molar-refractivity contribution in [3.8, 4) is 0 Å². The summed E-state index contributed by atoms with van der Waals surface area (Å²) in [5.74, 6) is -1.10. The lowest BCUT2D eigenvalue weighted by Gasteiger charge is -2.23. The molecule has 1 aliphatic heterocycles. The van der Waals surface area contributed by atoms with Crippen LogP contribution in [0.25, 0.3) is 10.9 Å². The van der Waals surface area contributed by atoms with E-state index in [4.69, 9.17) is 4.74 Å². The van der Waals surface area contributed by atoms with Crippen LogP contribution >= 0.6 is 15.9 Å². The Bertz CT molecular complexity index is 773. The number of nitrogens with one attached hydrogen (secondary N) is 1. The lowest BCUT2D eigenvalue weighted by Crippen LogP contribution is -2.40. The molecule has 1 saturated heterocycles. The molecule has 23 heavy (non-hydrogen) atoms. The second-order valence-corrected chi connectivity index (χ2v) is 6.83. The number of methoxy groups -OCH3 is 1. The monoisotopic (exact) mass is 380 g/mol. The Hall–Kier alpha value is -1.86. The molecule has 2 aromatic rings. The number of carboxylic acid groups (broad SMARTS) is 1. The van der Waals surface area contributed by atoms with Crippen molar-refractivity contribution in [2.75, 3.05) is 26.8 Å². The van der Waals surface area contributed by atoms with Crippen LogP contribution in [0, 0.1) is 5.41 Å². The number of aliphatic carboxylic acids is 1. The maximum Gasteiger partial charge on any atom is 0.313 e. The molecule has 2 N–H and O–H groups in total. The highest BCUT2D eigenvalue weighted by atomic mass is 79.9. The highest BCUT2D eigenvalue weighted by Crippen LogP contribution is 2.32. The van der Waals surface area contributed by atoms with E-state index in [0.717, 1.165) is 15.4 Å². The van der Waals surface area contributed by atoms with Gasteiger partial charge in [-0.1, -0.05) is 15.9 Å². The highest BCUT2D eigenvalue weighted by molar-refractivity contribution is 9.10. The molecule has 1 aromatic heterocycles. The zero-order chi connectivity index (χ0) is 16.6. The maximum atomic E-state index is 12.7. The van der Waals surface area contributed by atoms with Gasteiger partial charge in [0.15, 0.2) is 0 Å². The Morgan fingerprint density at radius 2 is 2.22 bits per heavy atom. The summed E-state index contributed by atoms with van der Waals surface area (Å²) in [7, 11) is 1.48. The van der Waals surface area contributed by atoms with Gasteiger partial charge in [-0.3, -0.25) is 9.59 Å². The van der Waals surface area contributed by atoms with Gasteiger partial charge in [-0.15, -0.1) is 0 Å². The Labute approximate surface area is 141 Å². The number of benzene rings is 1. The number of rotatable bonds is 4. The molecule has 1 amide bonds. The number of fused-ring (bicyclic) bond motifs is 1. The first-order valence-corrected chi connectivity index (χ1v) is 8.04. The number of aromatic amines is 1. The summed E-state index contributed by atoms with van der Waals surface area (Å²) in [5.41, 5.74) is 0.327. The molecular weight excluding hydrogens is 364 g/mol.